The molecule has 4 fully saturated rings. The Hall–Kier alpha value is -0.830. The van der Waals surface area contributed by atoms with Crippen LogP contribution < -0.4 is 5.32 Å². The van der Waals surface area contributed by atoms with E-state index in [1.54, 1.807) is 6.42 Å². The smallest absolute Gasteiger partial charge is 0.0706 e. The summed E-state index contributed by atoms with van der Waals surface area (Å²) < 4.78 is 0. The lowest BCUT2D eigenvalue weighted by atomic mass is 9.51. The van der Waals surface area contributed by atoms with Crippen LogP contribution in [0.4, 0.5) is 0 Å². The Morgan fingerprint density at radius 3 is 2.42 bits per heavy atom. The standard InChI is InChI=1S/C16H23N3/c1-2-17-8-13-14(1)18-19-16(13)15-11-4-9-3-10(6-11)7-12(15)5-9/h9-12,15,17H,1-8H2,(H,18,19). The van der Waals surface area contributed by atoms with Gasteiger partial charge in [-0.1, -0.05) is 0 Å². The van der Waals surface area contributed by atoms with Gasteiger partial charge in [-0.3, -0.25) is 5.10 Å². The van der Waals surface area contributed by atoms with Crippen molar-refractivity contribution in [2.24, 2.45) is 23.7 Å². The Morgan fingerprint density at radius 1 is 0.947 bits per heavy atom. The van der Waals surface area contributed by atoms with E-state index in [0.717, 1.165) is 49.1 Å². The summed E-state index contributed by atoms with van der Waals surface area (Å²) in [4.78, 5) is 0. The maximum absolute atomic E-state index is 4.78. The highest BCUT2D eigenvalue weighted by molar-refractivity contribution is 5.32. The number of fused-ring (bicyclic) bond motifs is 1. The number of aromatic amines is 1. The second kappa shape index (κ2) is 3.85. The predicted molar refractivity (Wildman–Crippen MR) is 73.8 cm³/mol. The monoisotopic (exact) mass is 257 g/mol. The molecular formula is C16H23N3. The maximum atomic E-state index is 4.78. The molecule has 0 saturated heterocycles. The molecule has 3 nitrogen and oxygen atoms in total. The van der Waals surface area contributed by atoms with Crippen LogP contribution in [0.15, 0.2) is 0 Å². The highest BCUT2D eigenvalue weighted by Gasteiger charge is 2.50. The molecule has 102 valence electrons. The number of rotatable bonds is 1. The topological polar surface area (TPSA) is 40.7 Å². The van der Waals surface area contributed by atoms with Crippen molar-refractivity contribution in [2.75, 3.05) is 6.54 Å². The average Bonchev–Trinajstić information content (AvgIpc) is 2.82. The molecule has 0 spiro atoms. The minimum absolute atomic E-state index is 0.785. The van der Waals surface area contributed by atoms with Gasteiger partial charge in [0, 0.05) is 36.7 Å². The molecule has 1 aromatic rings. The summed E-state index contributed by atoms with van der Waals surface area (Å²) in [5.41, 5.74) is 4.40. The molecule has 1 aromatic heterocycles. The molecule has 4 bridgehead atoms. The number of hydrogen-bond acceptors (Lipinski definition) is 2. The molecule has 0 aromatic carbocycles. The second-order valence-corrected chi connectivity index (χ2v) is 7.45. The van der Waals surface area contributed by atoms with E-state index in [0.29, 0.717) is 0 Å². The maximum Gasteiger partial charge on any atom is 0.0706 e. The van der Waals surface area contributed by atoms with E-state index in [4.69, 9.17) is 5.10 Å². The van der Waals surface area contributed by atoms with E-state index >= 15 is 0 Å². The highest BCUT2D eigenvalue weighted by atomic mass is 15.1. The molecule has 2 heterocycles. The average molecular weight is 257 g/mol. The molecule has 4 saturated carbocycles. The summed E-state index contributed by atoms with van der Waals surface area (Å²) in [5.74, 6) is 4.81. The lowest BCUT2D eigenvalue weighted by molar-refractivity contribution is -0.00448. The number of H-pyrrole nitrogens is 1. The van der Waals surface area contributed by atoms with Gasteiger partial charge in [-0.25, -0.2) is 0 Å². The highest BCUT2D eigenvalue weighted by Crippen LogP contribution is 2.59. The van der Waals surface area contributed by atoms with Crippen molar-refractivity contribution in [3.8, 4) is 0 Å². The zero-order valence-electron chi connectivity index (χ0n) is 11.5. The molecule has 5 aliphatic rings. The zero-order chi connectivity index (χ0) is 12.4. The van der Waals surface area contributed by atoms with Gasteiger partial charge >= 0.3 is 0 Å². The number of nitrogens with zero attached hydrogens (tertiary/aromatic N) is 1. The van der Waals surface area contributed by atoms with Gasteiger partial charge in [0.25, 0.3) is 0 Å². The summed E-state index contributed by atoms with van der Waals surface area (Å²) in [6.07, 6.45) is 8.65. The van der Waals surface area contributed by atoms with E-state index in [2.05, 4.69) is 10.4 Å². The van der Waals surface area contributed by atoms with Gasteiger partial charge in [0.1, 0.15) is 0 Å². The first-order valence-corrected chi connectivity index (χ1v) is 8.15. The molecule has 4 aliphatic carbocycles. The van der Waals surface area contributed by atoms with Gasteiger partial charge in [-0.2, -0.15) is 5.10 Å². The van der Waals surface area contributed by atoms with Gasteiger partial charge in [-0.15, -0.1) is 0 Å². The number of hydrogen-bond donors (Lipinski definition) is 2. The lowest BCUT2D eigenvalue weighted by Crippen LogP contribution is -2.44. The number of aromatic nitrogens is 2. The minimum Gasteiger partial charge on any atom is -0.312 e. The van der Waals surface area contributed by atoms with Crippen molar-refractivity contribution in [3.63, 3.8) is 0 Å². The van der Waals surface area contributed by atoms with Crippen molar-refractivity contribution in [1.82, 2.24) is 15.5 Å². The predicted octanol–water partition coefficient (Wildman–Crippen LogP) is 2.60. The Bertz CT molecular complexity index is 476. The molecule has 0 unspecified atom stereocenters. The van der Waals surface area contributed by atoms with Crippen molar-refractivity contribution < 1.29 is 0 Å². The molecule has 1 aliphatic heterocycles. The normalized spacial score (nSPS) is 43.5. The Labute approximate surface area is 114 Å². The second-order valence-electron chi connectivity index (χ2n) is 7.45. The van der Waals surface area contributed by atoms with Gasteiger partial charge in [0.05, 0.1) is 5.69 Å². The van der Waals surface area contributed by atoms with Crippen LogP contribution >= 0.6 is 0 Å². The van der Waals surface area contributed by atoms with Crippen LogP contribution in [0.1, 0.15) is 55.0 Å². The quantitative estimate of drug-likeness (QED) is 0.812. The lowest BCUT2D eigenvalue weighted by Gasteiger charge is -2.54. The molecule has 19 heavy (non-hydrogen) atoms. The van der Waals surface area contributed by atoms with Gasteiger partial charge < -0.3 is 5.32 Å². The first-order valence-electron chi connectivity index (χ1n) is 8.15. The first kappa shape index (κ1) is 10.9. The fourth-order valence-corrected chi connectivity index (χ4v) is 5.90. The summed E-state index contributed by atoms with van der Waals surface area (Å²) in [6.45, 7) is 2.15. The van der Waals surface area contributed by atoms with Crippen molar-refractivity contribution in [2.45, 2.75) is 51.0 Å². The van der Waals surface area contributed by atoms with E-state index in [1.165, 1.54) is 42.6 Å². The van der Waals surface area contributed by atoms with E-state index in [1.807, 2.05) is 0 Å². The molecule has 0 atom stereocenters. The third-order valence-electron chi connectivity index (χ3n) is 6.38. The first-order chi connectivity index (χ1) is 9.38. The number of nitrogens with one attached hydrogen (secondary N) is 2. The van der Waals surface area contributed by atoms with Crippen molar-refractivity contribution in [3.05, 3.63) is 17.0 Å². The summed E-state index contributed by atoms with van der Waals surface area (Å²) >= 11 is 0. The Balaban J connectivity index is 1.54. The van der Waals surface area contributed by atoms with Crippen LogP contribution in [0, 0.1) is 23.7 Å². The molecule has 0 radical (unpaired) electrons. The van der Waals surface area contributed by atoms with E-state index < -0.39 is 0 Å². The van der Waals surface area contributed by atoms with Crippen molar-refractivity contribution in [1.29, 1.82) is 0 Å². The van der Waals surface area contributed by atoms with Gasteiger partial charge in [-0.05, 0) is 55.8 Å². The van der Waals surface area contributed by atoms with E-state index in [9.17, 15) is 0 Å². The molecule has 0 amide bonds. The third kappa shape index (κ3) is 1.51. The molecule has 2 N–H and O–H groups in total. The van der Waals surface area contributed by atoms with Crippen molar-refractivity contribution >= 4 is 0 Å². The van der Waals surface area contributed by atoms with Crippen LogP contribution in [0.3, 0.4) is 0 Å². The Kier molecular flexibility index (Phi) is 2.21. The van der Waals surface area contributed by atoms with Gasteiger partial charge in [0.2, 0.25) is 0 Å². The van der Waals surface area contributed by atoms with Crippen LogP contribution in [-0.2, 0) is 13.0 Å². The fraction of sp³-hybridized carbons (Fsp3) is 0.812. The van der Waals surface area contributed by atoms with E-state index in [-0.39, 0.29) is 0 Å². The molecular weight excluding hydrogens is 234 g/mol. The third-order valence-corrected chi connectivity index (χ3v) is 6.38. The van der Waals surface area contributed by atoms with Crippen LogP contribution in [-0.4, -0.2) is 16.7 Å². The summed E-state index contributed by atoms with van der Waals surface area (Å²) in [5, 5.41) is 11.7. The zero-order valence-corrected chi connectivity index (χ0v) is 11.5. The molecule has 6 rings (SSSR count). The van der Waals surface area contributed by atoms with Crippen LogP contribution in [0.25, 0.3) is 0 Å². The SMILES string of the molecule is C1Cc2[nH]nc(C3C4CC5CC(C4)CC3C5)c2CN1. The summed E-state index contributed by atoms with van der Waals surface area (Å²) in [7, 11) is 0. The largest absolute Gasteiger partial charge is 0.312 e. The fourth-order valence-electron chi connectivity index (χ4n) is 5.90. The van der Waals surface area contributed by atoms with Crippen LogP contribution in [0.2, 0.25) is 0 Å². The Morgan fingerprint density at radius 2 is 1.68 bits per heavy atom. The van der Waals surface area contributed by atoms with Crippen LogP contribution in [0.5, 0.6) is 0 Å². The minimum atomic E-state index is 0.785. The molecule has 3 heteroatoms. The van der Waals surface area contributed by atoms with Gasteiger partial charge in [0.15, 0.2) is 0 Å². The summed E-state index contributed by atoms with van der Waals surface area (Å²) in [6, 6.07) is 0.